The first-order valence-electron chi connectivity index (χ1n) is 6.26. The third-order valence-corrected chi connectivity index (χ3v) is 3.95. The lowest BCUT2D eigenvalue weighted by molar-refractivity contribution is 1.41. The molecule has 0 saturated carbocycles. The summed E-state index contributed by atoms with van der Waals surface area (Å²) in [5, 5.41) is 6.11. The van der Waals surface area contributed by atoms with Crippen molar-refractivity contribution in [1.29, 1.82) is 0 Å². The normalized spacial score (nSPS) is 11.4. The van der Waals surface area contributed by atoms with E-state index in [4.69, 9.17) is 12.2 Å². The molecule has 1 heterocycles. The summed E-state index contributed by atoms with van der Waals surface area (Å²) in [4.78, 5) is 3.27. The largest absolute Gasteiger partial charge is 0.361 e. The molecule has 0 amide bonds. The second-order valence-electron chi connectivity index (χ2n) is 4.75. The SMILES string of the molecule is S=c1cc[nH]c2ccc3cc4ccccc4cc3c12. The van der Waals surface area contributed by atoms with E-state index in [2.05, 4.69) is 53.5 Å². The van der Waals surface area contributed by atoms with Crippen molar-refractivity contribution in [3.63, 3.8) is 0 Å². The third kappa shape index (κ3) is 1.57. The summed E-state index contributed by atoms with van der Waals surface area (Å²) >= 11 is 5.48. The molecule has 1 aromatic heterocycles. The first kappa shape index (κ1) is 10.7. The van der Waals surface area contributed by atoms with Crippen molar-refractivity contribution in [2.75, 3.05) is 0 Å². The average molecular weight is 261 g/mol. The molecule has 0 atom stereocenters. The number of hydrogen-bond acceptors (Lipinski definition) is 1. The Kier molecular flexibility index (Phi) is 2.20. The van der Waals surface area contributed by atoms with Gasteiger partial charge in [-0.1, -0.05) is 42.5 Å². The zero-order valence-electron chi connectivity index (χ0n) is 10.2. The topological polar surface area (TPSA) is 15.8 Å². The van der Waals surface area contributed by atoms with Gasteiger partial charge in [0.15, 0.2) is 0 Å². The number of hydrogen-bond donors (Lipinski definition) is 1. The van der Waals surface area contributed by atoms with Gasteiger partial charge in [0, 0.05) is 21.6 Å². The van der Waals surface area contributed by atoms with Crippen molar-refractivity contribution in [2.24, 2.45) is 0 Å². The Balaban J connectivity index is 2.32. The second kappa shape index (κ2) is 3.90. The number of aromatic nitrogens is 1. The van der Waals surface area contributed by atoms with Gasteiger partial charge in [0.05, 0.1) is 0 Å². The van der Waals surface area contributed by atoms with E-state index in [9.17, 15) is 0 Å². The quantitative estimate of drug-likeness (QED) is 0.261. The minimum atomic E-state index is 0.898. The molecule has 2 heteroatoms. The predicted octanol–water partition coefficient (Wildman–Crippen LogP) is 5.20. The molecule has 0 aliphatic rings. The van der Waals surface area contributed by atoms with Crippen LogP contribution in [0.5, 0.6) is 0 Å². The molecule has 0 unspecified atom stereocenters. The number of H-pyrrole nitrogens is 1. The highest BCUT2D eigenvalue weighted by Gasteiger charge is 2.03. The molecule has 19 heavy (non-hydrogen) atoms. The van der Waals surface area contributed by atoms with Crippen LogP contribution >= 0.6 is 12.2 Å². The Morgan fingerprint density at radius 2 is 1.58 bits per heavy atom. The van der Waals surface area contributed by atoms with Crippen LogP contribution < -0.4 is 0 Å². The Hall–Kier alpha value is -2.19. The van der Waals surface area contributed by atoms with Crippen LogP contribution in [0.1, 0.15) is 0 Å². The molecule has 4 rings (SSSR count). The molecular weight excluding hydrogens is 250 g/mol. The Bertz CT molecular complexity index is 982. The van der Waals surface area contributed by atoms with Crippen LogP contribution in [0.3, 0.4) is 0 Å². The summed E-state index contributed by atoms with van der Waals surface area (Å²) in [6, 6.07) is 19.1. The number of fused-ring (bicyclic) bond motifs is 4. The molecule has 0 spiro atoms. The Morgan fingerprint density at radius 3 is 2.42 bits per heavy atom. The fourth-order valence-electron chi connectivity index (χ4n) is 2.69. The van der Waals surface area contributed by atoms with E-state index in [1.54, 1.807) is 0 Å². The standard InChI is InChI=1S/C17H11NS/c19-16-7-8-18-15-6-5-13-9-11-3-1-2-4-12(11)10-14(13)17(15)16/h1-10H,(H,18,19). The zero-order chi connectivity index (χ0) is 12.8. The van der Waals surface area contributed by atoms with Crippen LogP contribution in [-0.4, -0.2) is 4.98 Å². The number of pyridine rings is 1. The van der Waals surface area contributed by atoms with Crippen molar-refractivity contribution in [2.45, 2.75) is 0 Å². The molecule has 0 bridgehead atoms. The van der Waals surface area contributed by atoms with Gasteiger partial charge in [-0.3, -0.25) is 0 Å². The molecule has 0 fully saturated rings. The number of aromatic amines is 1. The average Bonchev–Trinajstić information content (AvgIpc) is 2.45. The summed E-state index contributed by atoms with van der Waals surface area (Å²) < 4.78 is 0.898. The van der Waals surface area contributed by atoms with E-state index < -0.39 is 0 Å². The molecule has 0 aliphatic heterocycles. The summed E-state index contributed by atoms with van der Waals surface area (Å²) in [6.07, 6.45) is 1.90. The molecule has 0 radical (unpaired) electrons. The minimum Gasteiger partial charge on any atom is -0.361 e. The molecule has 1 N–H and O–H groups in total. The van der Waals surface area contributed by atoms with Crippen molar-refractivity contribution in [1.82, 2.24) is 4.98 Å². The number of benzene rings is 3. The Morgan fingerprint density at radius 1 is 0.789 bits per heavy atom. The van der Waals surface area contributed by atoms with Crippen LogP contribution in [0.25, 0.3) is 32.4 Å². The maximum atomic E-state index is 5.48. The molecule has 90 valence electrons. The lowest BCUT2D eigenvalue weighted by Gasteiger charge is -2.06. The van der Waals surface area contributed by atoms with E-state index >= 15 is 0 Å². The van der Waals surface area contributed by atoms with Gasteiger partial charge in [-0.15, -0.1) is 0 Å². The van der Waals surface area contributed by atoms with Crippen LogP contribution in [0.2, 0.25) is 0 Å². The molecular formula is C17H11NS. The second-order valence-corrected chi connectivity index (χ2v) is 5.19. The van der Waals surface area contributed by atoms with Gasteiger partial charge in [-0.05, 0) is 45.8 Å². The minimum absolute atomic E-state index is 0.898. The highest BCUT2D eigenvalue weighted by Crippen LogP contribution is 2.29. The lowest BCUT2D eigenvalue weighted by Crippen LogP contribution is -1.83. The molecule has 3 aromatic carbocycles. The fraction of sp³-hybridized carbons (Fsp3) is 0. The van der Waals surface area contributed by atoms with E-state index in [1.165, 1.54) is 21.5 Å². The van der Waals surface area contributed by atoms with Gasteiger partial charge >= 0.3 is 0 Å². The van der Waals surface area contributed by atoms with E-state index in [1.807, 2.05) is 12.3 Å². The zero-order valence-corrected chi connectivity index (χ0v) is 11.0. The van der Waals surface area contributed by atoms with Crippen LogP contribution in [-0.2, 0) is 0 Å². The monoisotopic (exact) mass is 261 g/mol. The van der Waals surface area contributed by atoms with Crippen LogP contribution in [0.15, 0.2) is 60.8 Å². The summed E-state index contributed by atoms with van der Waals surface area (Å²) in [6.45, 7) is 0. The van der Waals surface area contributed by atoms with Gasteiger partial charge in [0.2, 0.25) is 0 Å². The Labute approximate surface area is 115 Å². The van der Waals surface area contributed by atoms with Crippen molar-refractivity contribution >= 4 is 44.7 Å². The van der Waals surface area contributed by atoms with Gasteiger partial charge in [0.25, 0.3) is 0 Å². The van der Waals surface area contributed by atoms with E-state index in [0.717, 1.165) is 15.4 Å². The molecule has 1 nitrogen and oxygen atoms in total. The molecule has 0 aliphatic carbocycles. The summed E-state index contributed by atoms with van der Waals surface area (Å²) in [5.74, 6) is 0. The highest BCUT2D eigenvalue weighted by atomic mass is 32.1. The summed E-state index contributed by atoms with van der Waals surface area (Å²) in [5.41, 5.74) is 1.09. The van der Waals surface area contributed by atoms with Crippen molar-refractivity contribution < 1.29 is 0 Å². The predicted molar refractivity (Wildman–Crippen MR) is 84.1 cm³/mol. The maximum absolute atomic E-state index is 5.48. The van der Waals surface area contributed by atoms with Gasteiger partial charge in [-0.2, -0.15) is 0 Å². The summed E-state index contributed by atoms with van der Waals surface area (Å²) in [7, 11) is 0. The smallest absolute Gasteiger partial charge is 0.0491 e. The lowest BCUT2D eigenvalue weighted by atomic mass is 10.0. The van der Waals surface area contributed by atoms with Crippen molar-refractivity contribution in [3.8, 4) is 0 Å². The van der Waals surface area contributed by atoms with Crippen molar-refractivity contribution in [3.05, 3.63) is 65.3 Å². The van der Waals surface area contributed by atoms with E-state index in [-0.39, 0.29) is 0 Å². The third-order valence-electron chi connectivity index (χ3n) is 3.61. The van der Waals surface area contributed by atoms with E-state index in [0.29, 0.717) is 0 Å². The van der Waals surface area contributed by atoms with Gasteiger partial charge < -0.3 is 4.98 Å². The molecule has 4 aromatic rings. The number of nitrogens with one attached hydrogen (secondary N) is 1. The first-order valence-corrected chi connectivity index (χ1v) is 6.67. The van der Waals surface area contributed by atoms with Gasteiger partial charge in [0.1, 0.15) is 0 Å². The first-order chi connectivity index (χ1) is 9.33. The van der Waals surface area contributed by atoms with Gasteiger partial charge in [-0.25, -0.2) is 0 Å². The van der Waals surface area contributed by atoms with Crippen LogP contribution in [0.4, 0.5) is 0 Å². The van der Waals surface area contributed by atoms with Crippen LogP contribution in [0, 0.1) is 4.51 Å². The number of rotatable bonds is 0. The molecule has 0 saturated heterocycles. The highest BCUT2D eigenvalue weighted by molar-refractivity contribution is 7.71. The maximum Gasteiger partial charge on any atom is 0.0491 e. The fourth-order valence-corrected chi connectivity index (χ4v) is 2.98.